The number of benzene rings is 1. The van der Waals surface area contributed by atoms with Gasteiger partial charge in [0.05, 0.1) is 24.9 Å². The van der Waals surface area contributed by atoms with Gasteiger partial charge in [-0.1, -0.05) is 18.5 Å². The van der Waals surface area contributed by atoms with E-state index in [1.807, 2.05) is 0 Å². The number of aldehydes is 1. The molecule has 188 valence electrons. The Morgan fingerprint density at radius 2 is 2.17 bits per heavy atom. The summed E-state index contributed by atoms with van der Waals surface area (Å²) in [5, 5.41) is 8.68. The summed E-state index contributed by atoms with van der Waals surface area (Å²) < 4.78 is 18.6. The van der Waals surface area contributed by atoms with Crippen molar-refractivity contribution in [3.05, 3.63) is 35.6 Å². The molecule has 2 aliphatic heterocycles. The van der Waals surface area contributed by atoms with E-state index < -0.39 is 14.1 Å². The van der Waals surface area contributed by atoms with Crippen molar-refractivity contribution < 1.29 is 18.6 Å². The highest BCUT2D eigenvalue weighted by Gasteiger charge is 2.46. The molecule has 5 rings (SSSR count). The second kappa shape index (κ2) is 10.0. The number of carbonyl (C=O) groups excluding carboxylic acids is 1. The van der Waals surface area contributed by atoms with E-state index in [0.717, 1.165) is 37.1 Å². The molecule has 2 aromatic rings. The normalized spacial score (nSPS) is 25.0. The number of hydrogen-bond acceptors (Lipinski definition) is 11. The van der Waals surface area contributed by atoms with Crippen LogP contribution in [-0.4, -0.2) is 54.4 Å². The van der Waals surface area contributed by atoms with Gasteiger partial charge in [-0.25, -0.2) is 20.9 Å². The molecule has 35 heavy (non-hydrogen) atoms. The topological polar surface area (TPSA) is 127 Å². The third kappa shape index (κ3) is 5.30. The number of hydrogen-bond donors (Lipinski definition) is 3. The quantitative estimate of drug-likeness (QED) is 0.185. The lowest BCUT2D eigenvalue weighted by molar-refractivity contribution is -0.110. The van der Waals surface area contributed by atoms with Crippen LogP contribution in [0.2, 0.25) is 5.02 Å². The van der Waals surface area contributed by atoms with Crippen molar-refractivity contribution in [3.63, 3.8) is 0 Å². The van der Waals surface area contributed by atoms with Crippen LogP contribution in [0.4, 0.5) is 17.3 Å². The van der Waals surface area contributed by atoms with Crippen LogP contribution in [0.3, 0.4) is 0 Å². The first-order chi connectivity index (χ1) is 16.9. The number of nitrogens with one attached hydrogen (secondary N) is 2. The van der Waals surface area contributed by atoms with Gasteiger partial charge in [-0.3, -0.25) is 5.01 Å². The van der Waals surface area contributed by atoms with Crippen molar-refractivity contribution in [3.8, 4) is 5.75 Å². The predicted octanol–water partition coefficient (Wildman–Crippen LogP) is 3.02. The standard InChI is InChI=1S/C22H29ClN7O4P/c1-14-9-17(33-21(14)30-13-27-18-19(29(2)24)25-12-26-20(18)30)10-32-35(28-22(11-31)7-8-22)34-16-5-3-15(23)4-6-16/h3-6,11-12,14,17,21,27-28H,7-10,13,24H2,1-2H3/t14?,17?,21-,35?/m1/s1. The first kappa shape index (κ1) is 24.4. The van der Waals surface area contributed by atoms with Crippen LogP contribution in [0, 0.1) is 5.92 Å². The van der Waals surface area contributed by atoms with Crippen molar-refractivity contribution in [1.29, 1.82) is 0 Å². The van der Waals surface area contributed by atoms with E-state index in [4.69, 9.17) is 31.2 Å². The maximum atomic E-state index is 11.5. The number of nitrogens with zero attached hydrogens (tertiary/aromatic N) is 4. The summed E-state index contributed by atoms with van der Waals surface area (Å²) in [7, 11) is 0.183. The molecule has 4 atom stereocenters. The first-order valence-electron chi connectivity index (χ1n) is 11.5. The average molecular weight is 522 g/mol. The minimum absolute atomic E-state index is 0.135. The summed E-state index contributed by atoms with van der Waals surface area (Å²) in [6.07, 6.45) is 4.48. The summed E-state index contributed by atoms with van der Waals surface area (Å²) in [6.45, 7) is 3.03. The molecule has 3 aliphatic rings. The van der Waals surface area contributed by atoms with Crippen LogP contribution >= 0.6 is 20.1 Å². The maximum absolute atomic E-state index is 11.5. The lowest BCUT2D eigenvalue weighted by Gasteiger charge is -2.28. The molecule has 0 spiro atoms. The van der Waals surface area contributed by atoms with Crippen molar-refractivity contribution in [2.45, 2.75) is 44.1 Å². The molecule has 0 amide bonds. The molecule has 1 aromatic carbocycles. The molecule has 0 bridgehead atoms. The molecule has 1 saturated heterocycles. The van der Waals surface area contributed by atoms with E-state index in [-0.39, 0.29) is 18.2 Å². The lowest BCUT2D eigenvalue weighted by Crippen LogP contribution is -2.39. The number of ether oxygens (including phenoxy) is 1. The molecule has 4 N–H and O–H groups in total. The molecule has 3 heterocycles. The van der Waals surface area contributed by atoms with Crippen molar-refractivity contribution in [1.82, 2.24) is 15.1 Å². The van der Waals surface area contributed by atoms with Gasteiger partial charge < -0.3 is 28.8 Å². The molecule has 1 saturated carbocycles. The predicted molar refractivity (Wildman–Crippen MR) is 134 cm³/mol. The molecular weight excluding hydrogens is 493 g/mol. The number of nitrogens with two attached hydrogens (primary N) is 1. The summed E-state index contributed by atoms with van der Waals surface area (Å²) in [5.41, 5.74) is 0.226. The molecule has 1 aromatic heterocycles. The van der Waals surface area contributed by atoms with Gasteiger partial charge in [0.2, 0.25) is 0 Å². The highest BCUT2D eigenvalue weighted by atomic mass is 35.5. The second-order valence-electron chi connectivity index (χ2n) is 9.16. The zero-order valence-electron chi connectivity index (χ0n) is 19.6. The number of rotatable bonds is 10. The van der Waals surface area contributed by atoms with Gasteiger partial charge in [0, 0.05) is 18.0 Å². The van der Waals surface area contributed by atoms with Crippen molar-refractivity contribution >= 4 is 43.7 Å². The van der Waals surface area contributed by atoms with Crippen LogP contribution in [0.15, 0.2) is 30.6 Å². The Hall–Kier alpha value is -2.27. The number of fused-ring (bicyclic) bond motifs is 1. The van der Waals surface area contributed by atoms with Gasteiger partial charge in [0.25, 0.3) is 0 Å². The fourth-order valence-electron chi connectivity index (χ4n) is 4.26. The third-order valence-corrected chi connectivity index (χ3v) is 7.95. The zero-order chi connectivity index (χ0) is 24.6. The fourth-order valence-corrected chi connectivity index (χ4v) is 5.81. The Labute approximate surface area is 210 Å². The Morgan fingerprint density at radius 1 is 1.40 bits per heavy atom. The van der Waals surface area contributed by atoms with Crippen LogP contribution in [0.25, 0.3) is 0 Å². The van der Waals surface area contributed by atoms with Gasteiger partial charge in [0.15, 0.2) is 11.6 Å². The van der Waals surface area contributed by atoms with Gasteiger partial charge in [0.1, 0.15) is 30.3 Å². The Kier molecular flexibility index (Phi) is 6.98. The minimum Gasteiger partial charge on any atom is -0.436 e. The second-order valence-corrected chi connectivity index (χ2v) is 10.8. The van der Waals surface area contributed by atoms with E-state index in [9.17, 15) is 4.79 Å². The molecular formula is C22H29ClN7O4P. The van der Waals surface area contributed by atoms with Crippen LogP contribution in [-0.2, 0) is 14.1 Å². The smallest absolute Gasteiger partial charge is 0.319 e. The van der Waals surface area contributed by atoms with Gasteiger partial charge >= 0.3 is 8.53 Å². The number of halogens is 1. The number of hydrazine groups is 1. The van der Waals surface area contributed by atoms with Crippen LogP contribution in [0.1, 0.15) is 26.2 Å². The highest BCUT2D eigenvalue weighted by Crippen LogP contribution is 2.46. The number of aromatic nitrogens is 2. The zero-order valence-corrected chi connectivity index (χ0v) is 21.2. The van der Waals surface area contributed by atoms with E-state index in [1.54, 1.807) is 31.3 Å². The van der Waals surface area contributed by atoms with Gasteiger partial charge in [-0.15, -0.1) is 0 Å². The van der Waals surface area contributed by atoms with Crippen molar-refractivity contribution in [2.24, 2.45) is 11.8 Å². The maximum Gasteiger partial charge on any atom is 0.319 e. The minimum atomic E-state index is -1.56. The monoisotopic (exact) mass is 521 g/mol. The average Bonchev–Trinajstić information content (AvgIpc) is 3.33. The van der Waals surface area contributed by atoms with Gasteiger partial charge in [-0.05, 0) is 43.5 Å². The van der Waals surface area contributed by atoms with E-state index in [1.165, 1.54) is 11.3 Å². The molecule has 1 aliphatic carbocycles. The summed E-state index contributed by atoms with van der Waals surface area (Å²) in [4.78, 5) is 22.4. The molecule has 3 unspecified atom stereocenters. The van der Waals surface area contributed by atoms with Gasteiger partial charge in [-0.2, -0.15) is 0 Å². The SMILES string of the molecule is CC1CC(COP(NC2(C=O)CC2)Oc2ccc(Cl)cc2)O[C@H]1N1CNc2c(N(C)N)ncnc21. The highest BCUT2D eigenvalue weighted by molar-refractivity contribution is 7.45. The summed E-state index contributed by atoms with van der Waals surface area (Å²) in [5.74, 6) is 8.17. The first-order valence-corrected chi connectivity index (χ1v) is 13.0. The molecule has 13 heteroatoms. The number of anilines is 3. The Morgan fingerprint density at radius 3 is 2.86 bits per heavy atom. The Balaban J connectivity index is 1.23. The van der Waals surface area contributed by atoms with Crippen LogP contribution < -0.4 is 30.7 Å². The largest absolute Gasteiger partial charge is 0.436 e. The van der Waals surface area contributed by atoms with E-state index in [0.29, 0.717) is 29.9 Å². The van der Waals surface area contributed by atoms with E-state index in [2.05, 4.69) is 32.2 Å². The lowest BCUT2D eigenvalue weighted by atomic mass is 10.1. The van der Waals surface area contributed by atoms with E-state index >= 15 is 0 Å². The summed E-state index contributed by atoms with van der Waals surface area (Å²) in [6, 6.07) is 7.06. The molecule has 2 fully saturated rings. The van der Waals surface area contributed by atoms with Crippen molar-refractivity contribution in [2.75, 3.05) is 35.5 Å². The molecule has 0 radical (unpaired) electrons. The van der Waals surface area contributed by atoms with Crippen LogP contribution in [0.5, 0.6) is 5.75 Å². The molecule has 11 nitrogen and oxygen atoms in total. The summed E-state index contributed by atoms with van der Waals surface area (Å²) >= 11 is 5.99. The number of carbonyl (C=O) groups is 1. The Bertz CT molecular complexity index is 1060. The third-order valence-electron chi connectivity index (χ3n) is 6.31. The fraction of sp³-hybridized carbons (Fsp3) is 0.500.